The summed E-state index contributed by atoms with van der Waals surface area (Å²) in [5.41, 5.74) is 1.77. The smallest absolute Gasteiger partial charge is 0.192 e. The molecule has 2 aromatic carbocycles. The van der Waals surface area contributed by atoms with Crippen molar-refractivity contribution in [1.82, 2.24) is 0 Å². The van der Waals surface area contributed by atoms with Gasteiger partial charge in [-0.05, 0) is 42.0 Å². The quantitative estimate of drug-likeness (QED) is 0.789. The van der Waals surface area contributed by atoms with Gasteiger partial charge in [0.2, 0.25) is 0 Å². The average molecular weight is 298 g/mol. The number of hydrogen-bond acceptors (Lipinski definition) is 3. The summed E-state index contributed by atoms with van der Waals surface area (Å²) in [7, 11) is 1.60. The lowest BCUT2D eigenvalue weighted by molar-refractivity contribution is 0.103. The van der Waals surface area contributed by atoms with Crippen molar-refractivity contribution in [1.29, 1.82) is 0 Å². The molecule has 0 spiro atoms. The monoisotopic (exact) mass is 298 g/mol. The molecule has 0 aliphatic carbocycles. The van der Waals surface area contributed by atoms with E-state index in [1.54, 1.807) is 7.11 Å². The Morgan fingerprint density at radius 2 is 1.95 bits per heavy atom. The number of ether oxygens (including phenoxy) is 2. The minimum atomic E-state index is -0.443. The lowest BCUT2D eigenvalue weighted by atomic mass is 9.99. The van der Waals surface area contributed by atoms with Crippen LogP contribution in [0.5, 0.6) is 11.5 Å². The second-order valence-electron chi connectivity index (χ2n) is 5.01. The van der Waals surface area contributed by atoms with Crippen LogP contribution in [0.1, 0.15) is 22.3 Å². The van der Waals surface area contributed by atoms with Gasteiger partial charge in [-0.3, -0.25) is 4.79 Å². The van der Waals surface area contributed by atoms with E-state index in [0.717, 1.165) is 11.3 Å². The maximum atomic E-state index is 13.4. The van der Waals surface area contributed by atoms with Gasteiger partial charge >= 0.3 is 0 Å². The van der Waals surface area contributed by atoms with E-state index in [0.29, 0.717) is 24.4 Å². The molecule has 0 fully saturated rings. The van der Waals surface area contributed by atoms with E-state index in [9.17, 15) is 9.18 Å². The number of carbonyl (C=O) groups is 1. The highest BCUT2D eigenvalue weighted by Gasteiger charge is 2.21. The van der Waals surface area contributed by atoms with Crippen molar-refractivity contribution < 1.29 is 18.7 Å². The van der Waals surface area contributed by atoms with E-state index in [4.69, 9.17) is 9.47 Å². The third kappa shape index (κ3) is 2.86. The van der Waals surface area contributed by atoms with Crippen LogP contribution in [0.2, 0.25) is 0 Å². The highest BCUT2D eigenvalue weighted by Crippen LogP contribution is 2.28. The Hall–Kier alpha value is -2.62. The Balaban J connectivity index is 1.96. The molecule has 112 valence electrons. The van der Waals surface area contributed by atoms with Gasteiger partial charge in [0.05, 0.1) is 19.3 Å². The molecular formula is C18H15FO3. The molecule has 0 saturated carbocycles. The molecule has 0 saturated heterocycles. The number of rotatable bonds is 2. The third-order valence-electron chi connectivity index (χ3n) is 3.56. The van der Waals surface area contributed by atoms with Crippen molar-refractivity contribution in [3.8, 4) is 11.5 Å². The lowest BCUT2D eigenvalue weighted by Gasteiger charge is -2.05. The third-order valence-corrected chi connectivity index (χ3v) is 3.56. The van der Waals surface area contributed by atoms with Gasteiger partial charge < -0.3 is 9.47 Å². The number of methoxy groups -OCH3 is 1. The van der Waals surface area contributed by atoms with E-state index in [-0.39, 0.29) is 11.3 Å². The van der Waals surface area contributed by atoms with Gasteiger partial charge in [0, 0.05) is 12.0 Å². The summed E-state index contributed by atoms with van der Waals surface area (Å²) in [5, 5.41) is 0. The zero-order valence-corrected chi connectivity index (χ0v) is 12.1. The molecule has 4 heteroatoms. The van der Waals surface area contributed by atoms with Crippen LogP contribution in [-0.2, 0) is 0 Å². The van der Waals surface area contributed by atoms with Crippen LogP contribution in [0.4, 0.5) is 4.39 Å². The molecule has 1 heterocycles. The first kappa shape index (κ1) is 14.3. The number of benzene rings is 2. The van der Waals surface area contributed by atoms with Gasteiger partial charge in [-0.25, -0.2) is 4.39 Å². The largest absolute Gasteiger partial charge is 0.497 e. The van der Waals surface area contributed by atoms with Crippen LogP contribution in [0.3, 0.4) is 0 Å². The summed E-state index contributed by atoms with van der Waals surface area (Å²) < 4.78 is 24.0. The van der Waals surface area contributed by atoms with Gasteiger partial charge in [-0.15, -0.1) is 0 Å². The summed E-state index contributed by atoms with van der Waals surface area (Å²) in [6, 6.07) is 11.4. The molecule has 0 bridgehead atoms. The van der Waals surface area contributed by atoms with Gasteiger partial charge in [0.1, 0.15) is 17.3 Å². The second-order valence-corrected chi connectivity index (χ2v) is 5.01. The van der Waals surface area contributed by atoms with Gasteiger partial charge in [-0.2, -0.15) is 0 Å². The van der Waals surface area contributed by atoms with Gasteiger partial charge in [-0.1, -0.05) is 12.1 Å². The molecule has 0 radical (unpaired) electrons. The first-order valence-electron chi connectivity index (χ1n) is 6.99. The van der Waals surface area contributed by atoms with Crippen LogP contribution >= 0.6 is 0 Å². The van der Waals surface area contributed by atoms with E-state index >= 15 is 0 Å². The Labute approximate surface area is 128 Å². The minimum Gasteiger partial charge on any atom is -0.497 e. The Morgan fingerprint density at radius 3 is 2.68 bits per heavy atom. The fourth-order valence-electron chi connectivity index (χ4n) is 2.40. The van der Waals surface area contributed by atoms with Crippen LogP contribution < -0.4 is 9.47 Å². The zero-order chi connectivity index (χ0) is 15.5. The summed E-state index contributed by atoms with van der Waals surface area (Å²) >= 11 is 0. The van der Waals surface area contributed by atoms with E-state index < -0.39 is 5.82 Å². The second kappa shape index (κ2) is 6.02. The van der Waals surface area contributed by atoms with Crippen LogP contribution in [0.15, 0.2) is 48.0 Å². The summed E-state index contributed by atoms with van der Waals surface area (Å²) in [6.45, 7) is 0.395. The van der Waals surface area contributed by atoms with Crippen molar-refractivity contribution in [3.05, 3.63) is 65.0 Å². The maximum absolute atomic E-state index is 13.4. The Kier molecular flexibility index (Phi) is 3.92. The number of Topliss-reactive ketones (excluding diaryl/α,β-unsaturated/α-hetero) is 1. The predicted octanol–water partition coefficient (Wildman–Crippen LogP) is 3.88. The number of carbonyl (C=O) groups excluding carboxylic acids is 1. The Bertz CT molecular complexity index is 732. The van der Waals surface area contributed by atoms with Gasteiger partial charge in [0.25, 0.3) is 0 Å². The van der Waals surface area contributed by atoms with Gasteiger partial charge in [0.15, 0.2) is 5.78 Å². The highest BCUT2D eigenvalue weighted by molar-refractivity contribution is 6.13. The average Bonchev–Trinajstić information content (AvgIpc) is 2.68. The van der Waals surface area contributed by atoms with Crippen LogP contribution in [0.25, 0.3) is 6.08 Å². The highest BCUT2D eigenvalue weighted by atomic mass is 19.1. The van der Waals surface area contributed by atoms with Crippen molar-refractivity contribution in [2.75, 3.05) is 13.7 Å². The molecule has 1 aliphatic heterocycles. The van der Waals surface area contributed by atoms with Crippen molar-refractivity contribution in [3.63, 3.8) is 0 Å². The number of hydrogen-bond donors (Lipinski definition) is 0. The molecule has 0 N–H and O–H groups in total. The predicted molar refractivity (Wildman–Crippen MR) is 81.8 cm³/mol. The topological polar surface area (TPSA) is 35.5 Å². The fraction of sp³-hybridized carbons (Fsp3) is 0.167. The number of ketones is 1. The van der Waals surface area contributed by atoms with E-state index in [2.05, 4.69) is 0 Å². The molecule has 0 unspecified atom stereocenters. The first-order chi connectivity index (χ1) is 10.7. The molecule has 22 heavy (non-hydrogen) atoms. The normalized spacial score (nSPS) is 15.9. The minimum absolute atomic E-state index is 0.192. The van der Waals surface area contributed by atoms with E-state index in [1.807, 2.05) is 30.3 Å². The molecule has 3 nitrogen and oxygen atoms in total. The van der Waals surface area contributed by atoms with Crippen LogP contribution in [0, 0.1) is 5.82 Å². The zero-order valence-electron chi connectivity index (χ0n) is 12.1. The molecule has 0 atom stereocenters. The lowest BCUT2D eigenvalue weighted by Crippen LogP contribution is -2.02. The molecule has 2 aromatic rings. The fourth-order valence-corrected chi connectivity index (χ4v) is 2.40. The molecule has 0 aromatic heterocycles. The van der Waals surface area contributed by atoms with Crippen molar-refractivity contribution in [2.45, 2.75) is 6.42 Å². The first-order valence-corrected chi connectivity index (χ1v) is 6.99. The summed E-state index contributed by atoms with van der Waals surface area (Å²) in [5.74, 6) is 0.554. The standard InChI is InChI=1S/C18H15FO3/c1-21-15-5-2-12(3-6-15)10-13-8-9-22-17-7-4-14(19)11-16(17)18(13)20/h2-7,10-11H,8-9H2,1H3/b13-10-. The Morgan fingerprint density at radius 1 is 1.18 bits per heavy atom. The number of halogens is 1. The molecule has 1 aliphatic rings. The number of fused-ring (bicyclic) bond motifs is 1. The van der Waals surface area contributed by atoms with Crippen molar-refractivity contribution >= 4 is 11.9 Å². The molecule has 3 rings (SSSR count). The van der Waals surface area contributed by atoms with E-state index in [1.165, 1.54) is 18.2 Å². The molecule has 0 amide bonds. The summed E-state index contributed by atoms with van der Waals surface area (Å²) in [4.78, 5) is 12.6. The SMILES string of the molecule is COc1ccc(/C=C2/CCOc3ccc(F)cc3C2=O)cc1. The maximum Gasteiger partial charge on any atom is 0.192 e. The van der Waals surface area contributed by atoms with Crippen molar-refractivity contribution in [2.24, 2.45) is 0 Å². The summed E-state index contributed by atoms with van der Waals surface area (Å²) in [6.07, 6.45) is 2.30. The van der Waals surface area contributed by atoms with Crippen LogP contribution in [-0.4, -0.2) is 19.5 Å². The molecular weight excluding hydrogens is 283 g/mol.